The van der Waals surface area contributed by atoms with Crippen molar-refractivity contribution in [3.05, 3.63) is 100 Å². The van der Waals surface area contributed by atoms with E-state index < -0.39 is 37.5 Å². The number of aromatic amines is 1. The van der Waals surface area contributed by atoms with Gasteiger partial charge in [0.2, 0.25) is 5.88 Å². The van der Waals surface area contributed by atoms with E-state index in [1.54, 1.807) is 6.07 Å². The van der Waals surface area contributed by atoms with Crippen LogP contribution in [0.4, 0.5) is 28.4 Å². The van der Waals surface area contributed by atoms with E-state index >= 15 is 0 Å². The number of amides is 1. The van der Waals surface area contributed by atoms with Crippen molar-refractivity contribution in [2.75, 3.05) is 80.9 Å². The lowest BCUT2D eigenvalue weighted by atomic mass is 9.59. The number of hydrogen-bond donors (Lipinski definition) is 3. The number of ether oxygens (including phenoxy) is 5. The summed E-state index contributed by atoms with van der Waals surface area (Å²) < 4.78 is 61.0. The zero-order chi connectivity index (χ0) is 49.6. The molecule has 7 heterocycles. The van der Waals surface area contributed by atoms with Crippen LogP contribution in [0.25, 0.3) is 11.0 Å². The lowest BCUT2D eigenvalue weighted by Crippen LogP contribution is -2.56. The monoisotopic (exact) mass is 1000 g/mol. The molecule has 72 heavy (non-hydrogen) atoms. The van der Waals surface area contributed by atoms with E-state index in [0.717, 1.165) is 94.1 Å². The molecule has 2 aromatic heterocycles. The third kappa shape index (κ3) is 9.68. The third-order valence-electron chi connectivity index (χ3n) is 15.7. The Morgan fingerprint density at radius 1 is 0.931 bits per heavy atom. The van der Waals surface area contributed by atoms with Crippen LogP contribution in [0.5, 0.6) is 11.6 Å². The average molecular weight is 1010 g/mol. The van der Waals surface area contributed by atoms with Crippen molar-refractivity contribution in [1.29, 1.82) is 0 Å². The molecule has 3 N–H and O–H groups in total. The lowest BCUT2D eigenvalue weighted by Gasteiger charge is -2.56. The number of nitro groups is 1. The molecule has 0 unspecified atom stereocenters. The van der Waals surface area contributed by atoms with Crippen molar-refractivity contribution in [2.24, 2.45) is 11.3 Å². The fourth-order valence-corrected chi connectivity index (χ4v) is 12.9. The summed E-state index contributed by atoms with van der Waals surface area (Å²) in [7, 11) is -4.60. The number of nitro benzene ring substituents is 1. The number of carbonyl (C=O) groups excluding carboxylic acids is 1. The van der Waals surface area contributed by atoms with Crippen LogP contribution in [0, 0.1) is 21.4 Å². The molecule has 1 spiro atoms. The van der Waals surface area contributed by atoms with Crippen LogP contribution < -0.4 is 29.3 Å². The number of rotatable bonds is 13. The summed E-state index contributed by atoms with van der Waals surface area (Å²) in [4.78, 5) is 41.1. The molecule has 3 aromatic carbocycles. The average Bonchev–Trinajstić information content (AvgIpc) is 3.70. The van der Waals surface area contributed by atoms with Crippen LogP contribution in [-0.2, 0) is 24.2 Å². The molecule has 1 amide bonds. The number of carbonyl (C=O) groups is 1. The van der Waals surface area contributed by atoms with Gasteiger partial charge < -0.3 is 43.8 Å². The van der Waals surface area contributed by atoms with E-state index in [4.69, 9.17) is 28.7 Å². The van der Waals surface area contributed by atoms with E-state index in [0.29, 0.717) is 74.9 Å². The molecule has 1 aliphatic carbocycles. The molecule has 5 fully saturated rings. The summed E-state index contributed by atoms with van der Waals surface area (Å²) >= 11 is 0. The Morgan fingerprint density at radius 2 is 1.72 bits per heavy atom. The number of anilines is 4. The predicted molar refractivity (Wildman–Crippen MR) is 272 cm³/mol. The van der Waals surface area contributed by atoms with Gasteiger partial charge in [-0.2, -0.15) is 4.98 Å². The number of sulfonamides is 1. The quantitative estimate of drug-likeness (QED) is 0.0753. The minimum Gasteiger partial charge on any atom is -0.491 e. The SMILES string of the molecule is CC(C)Oc1ccccc1[C@@H]1COCCCN1C1CC2(CCN(c3ccc(C(=O)NS(=O)(=O)c4ccc(NCC5CCOCC5)c([N+](=O)[O-])c4)c(N4c5cc6cc[nH]c6nc5O[C@H]5COCC[C@@H]54)c3)CC2)C1. The van der Waals surface area contributed by atoms with Crippen LogP contribution in [0.1, 0.15) is 87.2 Å². The highest BCUT2D eigenvalue weighted by atomic mass is 32.2. The standard InChI is InChI=1S/C53H64N8O10S/c1-34(2)70-48-7-4-3-6-40(48)47-32-68-22-5-19-59(47)38-29-53(30-38)16-20-58(21-17-53)37-8-10-41(44(27-37)60-43-15-25-69-33-49(43)71-52-46(60)26-36-12-18-54-50(36)56-52)51(62)57-72(65,66)39-9-11-42(45(28-39)61(63)64)55-31-35-13-23-67-24-14-35/h3-4,6-12,18,26-28,34-35,38,43,47,49,55H,5,13-17,19-25,29-33H2,1-2H3,(H,54,56)(H,57,62)/t43-,47-,49-/m0/s1. The van der Waals surface area contributed by atoms with Gasteiger partial charge >= 0.3 is 0 Å². The second-order valence-corrected chi connectivity index (χ2v) is 22.3. The summed E-state index contributed by atoms with van der Waals surface area (Å²) in [6.45, 7) is 10.6. The maximum atomic E-state index is 14.7. The molecule has 4 saturated heterocycles. The number of nitrogens with zero attached hydrogens (tertiary/aromatic N) is 5. The highest BCUT2D eigenvalue weighted by Gasteiger charge is 2.50. The Labute approximate surface area is 419 Å². The van der Waals surface area contributed by atoms with Gasteiger partial charge in [-0.25, -0.2) is 13.1 Å². The number of benzene rings is 3. The summed E-state index contributed by atoms with van der Waals surface area (Å²) in [6.07, 6.45) is 8.89. The maximum Gasteiger partial charge on any atom is 0.293 e. The Morgan fingerprint density at radius 3 is 2.53 bits per heavy atom. The van der Waals surface area contributed by atoms with Gasteiger partial charge in [-0.3, -0.25) is 19.8 Å². The van der Waals surface area contributed by atoms with E-state index in [1.165, 1.54) is 17.7 Å². The van der Waals surface area contributed by atoms with Gasteiger partial charge in [0.1, 0.15) is 28.9 Å². The normalized spacial score (nSPS) is 22.9. The highest BCUT2D eigenvalue weighted by Crippen LogP contribution is 2.54. The summed E-state index contributed by atoms with van der Waals surface area (Å²) in [5.74, 6) is 0.685. The summed E-state index contributed by atoms with van der Waals surface area (Å²) in [5.41, 5.74) is 4.01. The number of hydrogen-bond acceptors (Lipinski definition) is 15. The topological polar surface area (TPSA) is 203 Å². The van der Waals surface area contributed by atoms with Gasteiger partial charge in [0.05, 0.1) is 52.5 Å². The zero-order valence-electron chi connectivity index (χ0n) is 40.9. The minimum absolute atomic E-state index is 0.0670. The number of fused-ring (bicyclic) bond motifs is 3. The number of pyridine rings is 1. The molecule has 3 atom stereocenters. The van der Waals surface area contributed by atoms with Crippen molar-refractivity contribution in [2.45, 2.75) is 100 Å². The van der Waals surface area contributed by atoms with E-state index in [1.807, 2.05) is 36.5 Å². The van der Waals surface area contributed by atoms with Crippen molar-refractivity contribution in [1.82, 2.24) is 19.6 Å². The maximum absolute atomic E-state index is 14.7. The first-order valence-electron chi connectivity index (χ1n) is 25.6. The lowest BCUT2D eigenvalue weighted by molar-refractivity contribution is -0.384. The molecule has 0 radical (unpaired) electrons. The number of nitrogens with one attached hydrogen (secondary N) is 3. The Kier molecular flexibility index (Phi) is 13.5. The summed E-state index contributed by atoms with van der Waals surface area (Å²) in [5, 5.41) is 16.3. The van der Waals surface area contributed by atoms with Crippen molar-refractivity contribution in [3.8, 4) is 11.6 Å². The second kappa shape index (κ2) is 20.1. The van der Waals surface area contributed by atoms with E-state index in [-0.39, 0.29) is 40.8 Å². The molecule has 382 valence electrons. The fourth-order valence-electron chi connectivity index (χ4n) is 11.9. The molecular weight excluding hydrogens is 941 g/mol. The third-order valence-corrected chi connectivity index (χ3v) is 17.1. The van der Waals surface area contributed by atoms with E-state index in [2.05, 4.69) is 61.8 Å². The Balaban J connectivity index is 0.869. The number of para-hydroxylation sites is 1. The first kappa shape index (κ1) is 48.3. The van der Waals surface area contributed by atoms with Crippen LogP contribution >= 0.6 is 0 Å². The molecule has 5 aliphatic heterocycles. The number of piperidine rings is 1. The van der Waals surface area contributed by atoms with Gasteiger partial charge in [-0.05, 0) is 125 Å². The number of aromatic nitrogens is 2. The second-order valence-electron chi connectivity index (χ2n) is 20.6. The smallest absolute Gasteiger partial charge is 0.293 e. The van der Waals surface area contributed by atoms with Gasteiger partial charge in [-0.15, -0.1) is 0 Å². The predicted octanol–water partition coefficient (Wildman–Crippen LogP) is 8.12. The van der Waals surface area contributed by atoms with Crippen LogP contribution in [-0.4, -0.2) is 124 Å². The Hall–Kier alpha value is -5.99. The molecule has 6 aliphatic rings. The molecule has 18 nitrogen and oxygen atoms in total. The van der Waals surface area contributed by atoms with Gasteiger partial charge in [0, 0.05) is 87.5 Å². The van der Waals surface area contributed by atoms with Crippen LogP contribution in [0.3, 0.4) is 0 Å². The van der Waals surface area contributed by atoms with Gasteiger partial charge in [-0.1, -0.05) is 18.2 Å². The zero-order valence-corrected chi connectivity index (χ0v) is 41.7. The fraction of sp³-hybridized carbons (Fsp3) is 0.509. The molecule has 0 bridgehead atoms. The molecule has 5 aromatic rings. The van der Waals surface area contributed by atoms with Crippen molar-refractivity contribution in [3.63, 3.8) is 0 Å². The molecule has 11 rings (SSSR count). The minimum atomic E-state index is -4.60. The van der Waals surface area contributed by atoms with Gasteiger partial charge in [0.25, 0.3) is 21.6 Å². The van der Waals surface area contributed by atoms with Crippen LogP contribution in [0.15, 0.2) is 83.9 Å². The van der Waals surface area contributed by atoms with Gasteiger partial charge in [0.15, 0.2) is 0 Å². The first-order valence-corrected chi connectivity index (χ1v) is 27.1. The number of H-pyrrole nitrogens is 1. The first-order chi connectivity index (χ1) is 34.9. The highest BCUT2D eigenvalue weighted by molar-refractivity contribution is 7.90. The van der Waals surface area contributed by atoms with Crippen molar-refractivity contribution >= 4 is 55.4 Å². The van der Waals surface area contributed by atoms with Crippen LogP contribution in [0.2, 0.25) is 0 Å². The largest absolute Gasteiger partial charge is 0.491 e. The summed E-state index contributed by atoms with van der Waals surface area (Å²) in [6, 6.07) is 21.8. The Bertz CT molecular complexity index is 2910. The van der Waals surface area contributed by atoms with Crippen molar-refractivity contribution < 1.29 is 41.8 Å². The molecule has 19 heteroatoms. The molecular formula is C53H64N8O10S. The molecule has 1 saturated carbocycles. The van der Waals surface area contributed by atoms with E-state index in [9.17, 15) is 23.3 Å².